The van der Waals surface area contributed by atoms with Crippen LogP contribution in [0.5, 0.6) is 0 Å². The molecule has 1 N–H and O–H groups in total. The van der Waals surface area contributed by atoms with Crippen molar-refractivity contribution in [3.8, 4) is 0 Å². The lowest BCUT2D eigenvalue weighted by Gasteiger charge is -2.19. The van der Waals surface area contributed by atoms with E-state index < -0.39 is 0 Å². The van der Waals surface area contributed by atoms with Crippen LogP contribution in [0.3, 0.4) is 0 Å². The van der Waals surface area contributed by atoms with E-state index in [1.165, 1.54) is 58.2 Å². The minimum Gasteiger partial charge on any atom is -0.314 e. The Morgan fingerprint density at radius 3 is 2.69 bits per heavy atom. The molecule has 1 aliphatic carbocycles. The summed E-state index contributed by atoms with van der Waals surface area (Å²) in [7, 11) is 0. The van der Waals surface area contributed by atoms with Crippen molar-refractivity contribution in [2.24, 2.45) is 5.92 Å². The van der Waals surface area contributed by atoms with Gasteiger partial charge in [0.15, 0.2) is 0 Å². The molecule has 16 heavy (non-hydrogen) atoms. The third-order valence-corrected chi connectivity index (χ3v) is 4.21. The molecule has 2 rings (SSSR count). The van der Waals surface area contributed by atoms with Crippen molar-refractivity contribution in [3.05, 3.63) is 0 Å². The summed E-state index contributed by atoms with van der Waals surface area (Å²) in [5.41, 5.74) is 0. The zero-order valence-electron chi connectivity index (χ0n) is 11.0. The van der Waals surface area contributed by atoms with Crippen LogP contribution in [-0.4, -0.2) is 36.6 Å². The van der Waals surface area contributed by atoms with E-state index in [9.17, 15) is 0 Å². The Bertz CT molecular complexity index is 201. The van der Waals surface area contributed by atoms with E-state index in [-0.39, 0.29) is 0 Å². The zero-order chi connectivity index (χ0) is 11.4. The molecule has 0 radical (unpaired) electrons. The highest BCUT2D eigenvalue weighted by molar-refractivity contribution is 4.90. The van der Waals surface area contributed by atoms with Crippen LogP contribution in [0.4, 0.5) is 0 Å². The van der Waals surface area contributed by atoms with E-state index >= 15 is 0 Å². The van der Waals surface area contributed by atoms with Gasteiger partial charge in [0.1, 0.15) is 0 Å². The Balaban J connectivity index is 1.62. The first-order valence-electron chi connectivity index (χ1n) is 7.30. The molecule has 2 fully saturated rings. The van der Waals surface area contributed by atoms with Crippen molar-refractivity contribution in [1.29, 1.82) is 0 Å². The van der Waals surface area contributed by atoms with Crippen LogP contribution >= 0.6 is 0 Å². The first-order chi connectivity index (χ1) is 7.83. The molecule has 94 valence electrons. The lowest BCUT2D eigenvalue weighted by molar-refractivity contribution is 0.307. The summed E-state index contributed by atoms with van der Waals surface area (Å²) < 4.78 is 0. The van der Waals surface area contributed by atoms with Gasteiger partial charge in [-0.2, -0.15) is 0 Å². The van der Waals surface area contributed by atoms with Crippen LogP contribution in [0, 0.1) is 5.92 Å². The smallest absolute Gasteiger partial charge is 0.00965 e. The maximum atomic E-state index is 3.77. The second kappa shape index (κ2) is 6.02. The van der Waals surface area contributed by atoms with Gasteiger partial charge >= 0.3 is 0 Å². The first kappa shape index (κ1) is 12.4. The average molecular weight is 224 g/mol. The van der Waals surface area contributed by atoms with Gasteiger partial charge in [0.2, 0.25) is 0 Å². The number of hydrogen-bond donors (Lipinski definition) is 1. The molecule has 2 unspecified atom stereocenters. The molecule has 0 aromatic carbocycles. The molecule has 2 atom stereocenters. The quantitative estimate of drug-likeness (QED) is 0.715. The summed E-state index contributed by atoms with van der Waals surface area (Å²) in [6.45, 7) is 8.57. The standard InChI is InChI=1S/C14H28N2/c1-3-5-13(4-2)15-10-12-8-9-16(11-12)14-6-7-14/h12-15H,3-11H2,1-2H3. The van der Waals surface area contributed by atoms with Crippen molar-refractivity contribution >= 4 is 0 Å². The summed E-state index contributed by atoms with van der Waals surface area (Å²) >= 11 is 0. The molecular weight excluding hydrogens is 196 g/mol. The van der Waals surface area contributed by atoms with Gasteiger partial charge < -0.3 is 10.2 Å². The molecule has 0 aromatic rings. The summed E-state index contributed by atoms with van der Waals surface area (Å²) in [5.74, 6) is 0.923. The number of rotatable bonds is 7. The van der Waals surface area contributed by atoms with Gasteiger partial charge in [-0.25, -0.2) is 0 Å². The SMILES string of the molecule is CCCC(CC)NCC1CCN(C2CC2)C1. The molecule has 2 aliphatic rings. The zero-order valence-corrected chi connectivity index (χ0v) is 11.0. The molecule has 1 saturated heterocycles. The molecule has 0 aromatic heterocycles. The monoisotopic (exact) mass is 224 g/mol. The van der Waals surface area contributed by atoms with Gasteiger partial charge in [0.05, 0.1) is 0 Å². The molecule has 0 spiro atoms. The Hall–Kier alpha value is -0.0800. The lowest BCUT2D eigenvalue weighted by atomic mass is 10.1. The van der Waals surface area contributed by atoms with E-state index in [4.69, 9.17) is 0 Å². The normalized spacial score (nSPS) is 28.5. The highest BCUT2D eigenvalue weighted by Gasteiger charge is 2.34. The van der Waals surface area contributed by atoms with Gasteiger partial charge in [-0.3, -0.25) is 0 Å². The average Bonchev–Trinajstić information content (AvgIpc) is 3.04. The summed E-state index contributed by atoms with van der Waals surface area (Å²) in [6, 6.07) is 1.74. The minimum absolute atomic E-state index is 0.764. The van der Waals surface area contributed by atoms with Crippen molar-refractivity contribution in [3.63, 3.8) is 0 Å². The largest absolute Gasteiger partial charge is 0.314 e. The van der Waals surface area contributed by atoms with Gasteiger partial charge in [-0.05, 0) is 51.1 Å². The van der Waals surface area contributed by atoms with Crippen LogP contribution in [0.25, 0.3) is 0 Å². The summed E-state index contributed by atoms with van der Waals surface area (Å²) in [6.07, 6.45) is 8.29. The van der Waals surface area contributed by atoms with Crippen molar-refractivity contribution in [1.82, 2.24) is 10.2 Å². The summed E-state index contributed by atoms with van der Waals surface area (Å²) in [5, 5.41) is 3.77. The molecule has 2 heteroatoms. The molecule has 1 saturated carbocycles. The Kier molecular flexibility index (Phi) is 4.66. The molecule has 1 aliphatic heterocycles. The van der Waals surface area contributed by atoms with E-state index in [0.717, 1.165) is 18.0 Å². The predicted octanol–water partition coefficient (Wildman–Crippen LogP) is 2.64. The van der Waals surface area contributed by atoms with E-state index in [0.29, 0.717) is 0 Å². The Labute approximate surface area is 101 Å². The van der Waals surface area contributed by atoms with Crippen molar-refractivity contribution in [2.75, 3.05) is 19.6 Å². The Morgan fingerprint density at radius 2 is 2.06 bits per heavy atom. The second-order valence-corrected chi connectivity index (χ2v) is 5.68. The topological polar surface area (TPSA) is 15.3 Å². The number of hydrogen-bond acceptors (Lipinski definition) is 2. The van der Waals surface area contributed by atoms with Gasteiger partial charge in [-0.1, -0.05) is 20.3 Å². The maximum absolute atomic E-state index is 3.77. The van der Waals surface area contributed by atoms with Crippen LogP contribution in [0.2, 0.25) is 0 Å². The fourth-order valence-corrected chi connectivity index (χ4v) is 2.93. The van der Waals surface area contributed by atoms with Gasteiger partial charge in [0, 0.05) is 18.6 Å². The number of nitrogens with zero attached hydrogens (tertiary/aromatic N) is 1. The number of nitrogens with one attached hydrogen (secondary N) is 1. The molecule has 0 bridgehead atoms. The van der Waals surface area contributed by atoms with Crippen molar-refractivity contribution in [2.45, 2.75) is 64.5 Å². The van der Waals surface area contributed by atoms with E-state index in [1.807, 2.05) is 0 Å². The number of likely N-dealkylation sites (tertiary alicyclic amines) is 1. The second-order valence-electron chi connectivity index (χ2n) is 5.68. The first-order valence-corrected chi connectivity index (χ1v) is 7.30. The maximum Gasteiger partial charge on any atom is 0.00965 e. The Morgan fingerprint density at radius 1 is 1.25 bits per heavy atom. The van der Waals surface area contributed by atoms with Gasteiger partial charge in [-0.15, -0.1) is 0 Å². The predicted molar refractivity (Wildman–Crippen MR) is 69.7 cm³/mol. The van der Waals surface area contributed by atoms with Crippen molar-refractivity contribution < 1.29 is 0 Å². The molecule has 0 amide bonds. The molecule has 2 nitrogen and oxygen atoms in total. The fourth-order valence-electron chi connectivity index (χ4n) is 2.93. The van der Waals surface area contributed by atoms with E-state index in [1.54, 1.807) is 0 Å². The highest BCUT2D eigenvalue weighted by atomic mass is 15.2. The lowest BCUT2D eigenvalue weighted by Crippen LogP contribution is -2.34. The van der Waals surface area contributed by atoms with Crippen LogP contribution in [0.15, 0.2) is 0 Å². The summed E-state index contributed by atoms with van der Waals surface area (Å²) in [4.78, 5) is 2.72. The third-order valence-electron chi connectivity index (χ3n) is 4.21. The third kappa shape index (κ3) is 3.46. The van der Waals surface area contributed by atoms with Crippen LogP contribution in [0.1, 0.15) is 52.4 Å². The fraction of sp³-hybridized carbons (Fsp3) is 1.00. The van der Waals surface area contributed by atoms with Crippen LogP contribution in [-0.2, 0) is 0 Å². The van der Waals surface area contributed by atoms with E-state index in [2.05, 4.69) is 24.1 Å². The van der Waals surface area contributed by atoms with Gasteiger partial charge in [0.25, 0.3) is 0 Å². The highest BCUT2D eigenvalue weighted by Crippen LogP contribution is 2.31. The molecular formula is C14H28N2. The molecule has 1 heterocycles. The van der Waals surface area contributed by atoms with Crippen LogP contribution < -0.4 is 5.32 Å². The minimum atomic E-state index is 0.764.